The second kappa shape index (κ2) is 5.17. The maximum atomic E-state index is 12.5. The van der Waals surface area contributed by atoms with Crippen LogP contribution in [0, 0.1) is 11.3 Å². The van der Waals surface area contributed by atoms with E-state index >= 15 is 0 Å². The van der Waals surface area contributed by atoms with Crippen LogP contribution in [0.1, 0.15) is 23.1 Å². The van der Waals surface area contributed by atoms with Gasteiger partial charge in [-0.2, -0.15) is 5.26 Å². The Morgan fingerprint density at radius 1 is 1.41 bits per heavy atom. The third kappa shape index (κ3) is 3.06. The van der Waals surface area contributed by atoms with Crippen molar-refractivity contribution in [1.29, 1.82) is 5.26 Å². The van der Waals surface area contributed by atoms with E-state index in [0.29, 0.717) is 6.07 Å². The molecule has 0 aliphatic carbocycles. The zero-order chi connectivity index (χ0) is 13.2. The summed E-state index contributed by atoms with van der Waals surface area (Å²) in [6.45, 7) is 0. The van der Waals surface area contributed by atoms with Crippen LogP contribution in [0.3, 0.4) is 0 Å². The van der Waals surface area contributed by atoms with Crippen molar-refractivity contribution in [2.45, 2.75) is 17.2 Å². The number of hydrogen-bond acceptors (Lipinski definition) is 3. The van der Waals surface area contributed by atoms with Crippen molar-refractivity contribution in [3.8, 4) is 6.07 Å². The Morgan fingerprint density at radius 2 is 2.00 bits per heavy atom. The Balaban J connectivity index is 3.68. The summed E-state index contributed by atoms with van der Waals surface area (Å²) >= 11 is 5.48. The molecule has 1 aromatic rings. The molecule has 0 aliphatic rings. The molecule has 0 aliphatic heterocycles. The quantitative estimate of drug-likeness (QED) is 0.636. The molecular formula is C9H5Cl2F2NO2S. The van der Waals surface area contributed by atoms with Crippen LogP contribution in [-0.2, 0) is 14.9 Å². The van der Waals surface area contributed by atoms with Crippen molar-refractivity contribution in [2.24, 2.45) is 0 Å². The van der Waals surface area contributed by atoms with Gasteiger partial charge < -0.3 is 0 Å². The van der Waals surface area contributed by atoms with Crippen LogP contribution in [0.5, 0.6) is 0 Å². The average Bonchev–Trinajstić information content (AvgIpc) is 2.25. The molecule has 0 aromatic heterocycles. The predicted molar refractivity (Wildman–Crippen MR) is 58.7 cm³/mol. The van der Waals surface area contributed by atoms with Gasteiger partial charge >= 0.3 is 0 Å². The number of nitriles is 1. The summed E-state index contributed by atoms with van der Waals surface area (Å²) in [6.07, 6.45) is -2.87. The molecule has 0 saturated heterocycles. The Bertz CT molecular complexity index is 581. The maximum Gasteiger partial charge on any atom is 0.263 e. The Labute approximate surface area is 106 Å². The molecule has 0 saturated carbocycles. The number of alkyl halides is 3. The fraction of sp³-hybridized carbons (Fsp3) is 0.222. The van der Waals surface area contributed by atoms with Gasteiger partial charge in [-0.1, -0.05) is 0 Å². The molecule has 0 spiro atoms. The van der Waals surface area contributed by atoms with E-state index in [0.717, 1.165) is 6.07 Å². The molecule has 1 aromatic carbocycles. The van der Waals surface area contributed by atoms with Gasteiger partial charge in [0.15, 0.2) is 0 Å². The van der Waals surface area contributed by atoms with Crippen molar-refractivity contribution >= 4 is 31.3 Å². The summed E-state index contributed by atoms with van der Waals surface area (Å²) in [5.74, 6) is -0.261. The Kier molecular flexibility index (Phi) is 4.31. The lowest BCUT2D eigenvalue weighted by atomic mass is 10.1. The van der Waals surface area contributed by atoms with Gasteiger partial charge in [-0.25, -0.2) is 17.2 Å². The average molecular weight is 300 g/mol. The molecule has 0 unspecified atom stereocenters. The fourth-order valence-corrected chi connectivity index (χ4v) is 2.52. The highest BCUT2D eigenvalue weighted by atomic mass is 35.7. The van der Waals surface area contributed by atoms with Gasteiger partial charge in [0.1, 0.15) is 11.0 Å². The third-order valence-corrected chi connectivity index (χ3v) is 3.61. The van der Waals surface area contributed by atoms with E-state index in [9.17, 15) is 17.2 Å². The Hall–Kier alpha value is -0.900. The molecule has 0 heterocycles. The number of rotatable bonds is 3. The standard InChI is InChI=1S/C9H5Cl2F2NO2S/c10-3-6-1-5(9(12)13)2-8(7(6)4-14)17(11,15)16/h1-2,9H,3H2. The van der Waals surface area contributed by atoms with E-state index in [1.165, 1.54) is 0 Å². The first-order valence-corrected chi connectivity index (χ1v) is 7.01. The lowest BCUT2D eigenvalue weighted by molar-refractivity contribution is 0.151. The molecule has 8 heteroatoms. The number of nitrogens with zero attached hydrogens (tertiary/aromatic N) is 1. The molecule has 92 valence electrons. The first-order valence-electron chi connectivity index (χ1n) is 4.17. The molecule has 0 fully saturated rings. The second-order valence-corrected chi connectivity index (χ2v) is 5.84. The SMILES string of the molecule is N#Cc1c(CCl)cc(C(F)F)cc1S(=O)(=O)Cl. The van der Waals surface area contributed by atoms with Gasteiger partial charge in [-0.05, 0) is 17.7 Å². The minimum atomic E-state index is -4.28. The lowest BCUT2D eigenvalue weighted by Gasteiger charge is -2.08. The van der Waals surface area contributed by atoms with Crippen molar-refractivity contribution in [3.05, 3.63) is 28.8 Å². The van der Waals surface area contributed by atoms with Gasteiger partial charge in [-0.3, -0.25) is 0 Å². The van der Waals surface area contributed by atoms with Crippen LogP contribution >= 0.6 is 22.3 Å². The highest BCUT2D eigenvalue weighted by Crippen LogP contribution is 2.30. The fourth-order valence-electron chi connectivity index (χ4n) is 1.25. The molecular weight excluding hydrogens is 295 g/mol. The number of halogens is 4. The Morgan fingerprint density at radius 3 is 2.35 bits per heavy atom. The van der Waals surface area contributed by atoms with E-state index < -0.39 is 25.9 Å². The molecule has 0 radical (unpaired) electrons. The minimum absolute atomic E-state index is 0.00573. The van der Waals surface area contributed by atoms with Crippen LogP contribution in [0.25, 0.3) is 0 Å². The van der Waals surface area contributed by atoms with Crippen molar-refractivity contribution in [1.82, 2.24) is 0 Å². The monoisotopic (exact) mass is 299 g/mol. The highest BCUT2D eigenvalue weighted by molar-refractivity contribution is 8.13. The van der Waals surface area contributed by atoms with Gasteiger partial charge in [0.2, 0.25) is 0 Å². The van der Waals surface area contributed by atoms with Crippen LogP contribution in [0.4, 0.5) is 8.78 Å². The molecule has 1 rings (SSSR count). The van der Waals surface area contributed by atoms with Crippen molar-refractivity contribution in [3.63, 3.8) is 0 Å². The molecule has 17 heavy (non-hydrogen) atoms. The molecule has 0 amide bonds. The predicted octanol–water partition coefficient (Wildman–Crippen LogP) is 3.16. The van der Waals surface area contributed by atoms with Gasteiger partial charge in [-0.15, -0.1) is 11.6 Å². The maximum absolute atomic E-state index is 12.5. The number of hydrogen-bond donors (Lipinski definition) is 0. The van der Waals surface area contributed by atoms with Crippen LogP contribution in [0.2, 0.25) is 0 Å². The van der Waals surface area contributed by atoms with Gasteiger partial charge in [0, 0.05) is 22.1 Å². The highest BCUT2D eigenvalue weighted by Gasteiger charge is 2.22. The first-order chi connectivity index (χ1) is 7.81. The van der Waals surface area contributed by atoms with Crippen LogP contribution < -0.4 is 0 Å². The number of benzene rings is 1. The summed E-state index contributed by atoms with van der Waals surface area (Å²) in [5.41, 5.74) is -0.843. The molecule has 0 bridgehead atoms. The minimum Gasteiger partial charge on any atom is -0.207 e. The van der Waals surface area contributed by atoms with Crippen LogP contribution in [0.15, 0.2) is 17.0 Å². The van der Waals surface area contributed by atoms with Gasteiger partial charge in [0.25, 0.3) is 15.5 Å². The van der Waals surface area contributed by atoms with Crippen LogP contribution in [-0.4, -0.2) is 8.42 Å². The third-order valence-electron chi connectivity index (χ3n) is 1.98. The van der Waals surface area contributed by atoms with Gasteiger partial charge in [0.05, 0.1) is 5.56 Å². The van der Waals surface area contributed by atoms with E-state index in [1.807, 2.05) is 0 Å². The second-order valence-electron chi connectivity index (χ2n) is 3.04. The summed E-state index contributed by atoms with van der Waals surface area (Å²) < 4.78 is 47.4. The first kappa shape index (κ1) is 14.2. The molecule has 3 nitrogen and oxygen atoms in total. The van der Waals surface area contributed by atoms with E-state index in [-0.39, 0.29) is 17.0 Å². The summed E-state index contributed by atoms with van der Waals surface area (Å²) in [5, 5.41) is 8.80. The smallest absolute Gasteiger partial charge is 0.207 e. The zero-order valence-electron chi connectivity index (χ0n) is 8.12. The normalized spacial score (nSPS) is 11.5. The molecule has 0 N–H and O–H groups in total. The van der Waals surface area contributed by atoms with Crippen molar-refractivity contribution < 1.29 is 17.2 Å². The van der Waals surface area contributed by atoms with Crippen molar-refractivity contribution in [2.75, 3.05) is 0 Å². The lowest BCUT2D eigenvalue weighted by Crippen LogP contribution is -2.02. The topological polar surface area (TPSA) is 57.9 Å². The largest absolute Gasteiger partial charge is 0.263 e. The zero-order valence-corrected chi connectivity index (χ0v) is 10.5. The summed E-state index contributed by atoms with van der Waals surface area (Å²) in [4.78, 5) is -0.643. The summed E-state index contributed by atoms with van der Waals surface area (Å²) in [6, 6.07) is 3.26. The van der Waals surface area contributed by atoms with E-state index in [1.54, 1.807) is 6.07 Å². The van der Waals surface area contributed by atoms with E-state index in [4.69, 9.17) is 27.5 Å². The van der Waals surface area contributed by atoms with E-state index in [2.05, 4.69) is 0 Å². The summed E-state index contributed by atoms with van der Waals surface area (Å²) in [7, 11) is 0.805. The molecule has 0 atom stereocenters.